The van der Waals surface area contributed by atoms with E-state index < -0.39 is 0 Å². The highest BCUT2D eigenvalue weighted by Crippen LogP contribution is 2.40. The van der Waals surface area contributed by atoms with Gasteiger partial charge in [0.1, 0.15) is 0 Å². The number of carbonyl (C=O) groups excluding carboxylic acids is 1. The van der Waals surface area contributed by atoms with Crippen LogP contribution >= 0.6 is 24.0 Å². The second-order valence-corrected chi connectivity index (χ2v) is 6.87. The first-order chi connectivity index (χ1) is 11.6. The van der Waals surface area contributed by atoms with Gasteiger partial charge in [-0.25, -0.2) is 9.79 Å². The van der Waals surface area contributed by atoms with E-state index in [1.54, 1.807) is 6.07 Å². The Morgan fingerprint density at radius 3 is 2.80 bits per heavy atom. The predicted octanol–water partition coefficient (Wildman–Crippen LogP) is 2.91. The van der Waals surface area contributed by atoms with Crippen LogP contribution in [0, 0.1) is 5.92 Å². The Hall–Kier alpha value is -1.38. The fourth-order valence-corrected chi connectivity index (χ4v) is 3.22. The van der Waals surface area contributed by atoms with Crippen molar-refractivity contribution < 1.29 is 9.53 Å². The van der Waals surface area contributed by atoms with Crippen LogP contribution < -0.4 is 5.73 Å². The maximum atomic E-state index is 11.9. The number of ether oxygens (including phenoxy) is 1. The Morgan fingerprint density at radius 2 is 2.16 bits per heavy atom. The van der Waals surface area contributed by atoms with Crippen molar-refractivity contribution in [3.63, 3.8) is 0 Å². The van der Waals surface area contributed by atoms with Gasteiger partial charge >= 0.3 is 5.97 Å². The van der Waals surface area contributed by atoms with E-state index in [0.717, 1.165) is 43.7 Å². The fraction of sp³-hybridized carbons (Fsp3) is 0.611. The monoisotopic (exact) mass is 458 g/mol. The van der Waals surface area contributed by atoms with Crippen LogP contribution in [0.15, 0.2) is 17.1 Å². The van der Waals surface area contributed by atoms with E-state index in [2.05, 4.69) is 21.8 Å². The highest BCUT2D eigenvalue weighted by Gasteiger charge is 2.30. The molecule has 0 spiro atoms. The molecular weight excluding hydrogens is 431 g/mol. The molecule has 1 aliphatic heterocycles. The van der Waals surface area contributed by atoms with Crippen LogP contribution in [0.1, 0.15) is 60.3 Å². The predicted molar refractivity (Wildman–Crippen MR) is 108 cm³/mol. The summed E-state index contributed by atoms with van der Waals surface area (Å²) in [6.07, 6.45) is 4.58. The molecule has 2 aliphatic rings. The number of likely N-dealkylation sites (tertiary alicyclic amines) is 1. The summed E-state index contributed by atoms with van der Waals surface area (Å²) < 4.78 is 4.85. The lowest BCUT2D eigenvalue weighted by Crippen LogP contribution is -2.43. The third kappa shape index (κ3) is 5.05. The number of hydrogen-bond acceptors (Lipinski definition) is 4. The lowest BCUT2D eigenvalue weighted by molar-refractivity contribution is 0.0598. The molecule has 138 valence electrons. The van der Waals surface area contributed by atoms with Gasteiger partial charge in [-0.05, 0) is 43.7 Å². The third-order valence-electron chi connectivity index (χ3n) is 4.74. The standard InChI is InChI=1S/C18H26N4O2.HI/c1-12-4-3-9-22(11-12)18(19)20-10-14-7-8-15(17(23)24-2)16(21-14)13-5-6-13;/h7-8,12-13H,3-6,9-11H2,1-2H3,(H2,19,20);1H. The number of rotatable bonds is 4. The number of hydrogen-bond donors (Lipinski definition) is 1. The van der Waals surface area contributed by atoms with Crippen molar-refractivity contribution in [3.05, 3.63) is 29.1 Å². The van der Waals surface area contributed by atoms with Crippen LogP contribution in [0.2, 0.25) is 0 Å². The highest BCUT2D eigenvalue weighted by molar-refractivity contribution is 14.0. The normalized spacial score (nSPS) is 20.8. The molecule has 3 rings (SSSR count). The van der Waals surface area contributed by atoms with Crippen molar-refractivity contribution in [2.75, 3.05) is 20.2 Å². The SMILES string of the molecule is COC(=O)c1ccc(CN=C(N)N2CCCC(C)C2)nc1C1CC1.I. The van der Waals surface area contributed by atoms with Crippen LogP contribution in [0.25, 0.3) is 0 Å². The molecule has 2 heterocycles. The zero-order valence-electron chi connectivity index (χ0n) is 14.9. The topological polar surface area (TPSA) is 80.8 Å². The fourth-order valence-electron chi connectivity index (χ4n) is 3.22. The van der Waals surface area contributed by atoms with Crippen LogP contribution in [0.4, 0.5) is 0 Å². The smallest absolute Gasteiger partial charge is 0.339 e. The Labute approximate surface area is 166 Å². The van der Waals surface area contributed by atoms with E-state index >= 15 is 0 Å². The van der Waals surface area contributed by atoms with E-state index in [4.69, 9.17) is 10.5 Å². The van der Waals surface area contributed by atoms with E-state index in [-0.39, 0.29) is 29.9 Å². The van der Waals surface area contributed by atoms with Crippen LogP contribution in [-0.2, 0) is 11.3 Å². The molecule has 0 aromatic carbocycles. The zero-order chi connectivity index (χ0) is 17.1. The van der Waals surface area contributed by atoms with Crippen molar-refractivity contribution in [1.29, 1.82) is 0 Å². The Kier molecular flexibility index (Phi) is 7.04. The first-order valence-corrected chi connectivity index (χ1v) is 8.71. The summed E-state index contributed by atoms with van der Waals surface area (Å²) in [4.78, 5) is 23.2. The minimum absolute atomic E-state index is 0. The number of piperidine rings is 1. The van der Waals surface area contributed by atoms with Gasteiger partial charge in [-0.15, -0.1) is 24.0 Å². The summed E-state index contributed by atoms with van der Waals surface area (Å²) in [6.45, 7) is 4.63. The van der Waals surface area contributed by atoms with Gasteiger partial charge in [0.2, 0.25) is 0 Å². The number of nitrogens with zero attached hydrogens (tertiary/aromatic N) is 3. The number of nitrogens with two attached hydrogens (primary N) is 1. The number of aromatic nitrogens is 1. The Bertz CT molecular complexity index is 646. The zero-order valence-corrected chi connectivity index (χ0v) is 17.2. The summed E-state index contributed by atoms with van der Waals surface area (Å²) >= 11 is 0. The number of esters is 1. The third-order valence-corrected chi connectivity index (χ3v) is 4.74. The van der Waals surface area contributed by atoms with Crippen molar-refractivity contribution in [2.24, 2.45) is 16.6 Å². The van der Waals surface area contributed by atoms with Gasteiger partial charge in [-0.2, -0.15) is 0 Å². The number of methoxy groups -OCH3 is 1. The lowest BCUT2D eigenvalue weighted by atomic mass is 10.0. The average molecular weight is 458 g/mol. The molecule has 1 aromatic heterocycles. The molecule has 2 N–H and O–H groups in total. The largest absolute Gasteiger partial charge is 0.465 e. The highest BCUT2D eigenvalue weighted by atomic mass is 127. The summed E-state index contributed by atoms with van der Waals surface area (Å²) in [5, 5.41) is 0. The van der Waals surface area contributed by atoms with Crippen molar-refractivity contribution >= 4 is 35.9 Å². The maximum absolute atomic E-state index is 11.9. The van der Waals surface area contributed by atoms with Gasteiger partial charge in [-0.3, -0.25) is 4.98 Å². The van der Waals surface area contributed by atoms with Gasteiger partial charge in [0, 0.05) is 19.0 Å². The number of aliphatic imine (C=N–C) groups is 1. The van der Waals surface area contributed by atoms with E-state index in [9.17, 15) is 4.79 Å². The molecule has 6 nitrogen and oxygen atoms in total. The summed E-state index contributed by atoms with van der Waals surface area (Å²) in [6, 6.07) is 3.64. The van der Waals surface area contributed by atoms with E-state index in [0.29, 0.717) is 29.9 Å². The summed E-state index contributed by atoms with van der Waals surface area (Å²) in [5.74, 6) is 1.31. The first kappa shape index (κ1) is 19.9. The first-order valence-electron chi connectivity index (χ1n) is 8.71. The Morgan fingerprint density at radius 1 is 1.40 bits per heavy atom. The second-order valence-electron chi connectivity index (χ2n) is 6.87. The van der Waals surface area contributed by atoms with Crippen LogP contribution in [0.5, 0.6) is 0 Å². The number of guanidine groups is 1. The van der Waals surface area contributed by atoms with Crippen molar-refractivity contribution in [2.45, 2.75) is 45.1 Å². The second kappa shape index (κ2) is 8.82. The minimum atomic E-state index is -0.318. The minimum Gasteiger partial charge on any atom is -0.465 e. The molecule has 0 amide bonds. The van der Waals surface area contributed by atoms with Crippen LogP contribution in [0.3, 0.4) is 0 Å². The summed E-state index contributed by atoms with van der Waals surface area (Å²) in [5.41, 5.74) is 8.41. The van der Waals surface area contributed by atoms with Gasteiger partial charge in [-0.1, -0.05) is 6.92 Å². The van der Waals surface area contributed by atoms with Crippen molar-refractivity contribution in [3.8, 4) is 0 Å². The lowest BCUT2D eigenvalue weighted by Gasteiger charge is -2.31. The molecule has 25 heavy (non-hydrogen) atoms. The molecule has 1 saturated carbocycles. The van der Waals surface area contributed by atoms with E-state index in [1.165, 1.54) is 13.5 Å². The quantitative estimate of drug-likeness (QED) is 0.325. The molecule has 0 bridgehead atoms. The molecule has 7 heteroatoms. The van der Waals surface area contributed by atoms with Crippen molar-refractivity contribution in [1.82, 2.24) is 9.88 Å². The number of pyridine rings is 1. The molecule has 0 radical (unpaired) electrons. The van der Waals surface area contributed by atoms with E-state index in [1.807, 2.05) is 6.07 Å². The molecule has 1 aromatic rings. The molecule has 1 aliphatic carbocycles. The Balaban J connectivity index is 0.00000225. The molecule has 2 fully saturated rings. The molecular formula is C18H27IN4O2. The average Bonchev–Trinajstić information content (AvgIpc) is 3.43. The molecule has 1 atom stereocenters. The van der Waals surface area contributed by atoms with Gasteiger partial charge in [0.05, 0.1) is 30.6 Å². The molecule has 1 unspecified atom stereocenters. The van der Waals surface area contributed by atoms with Crippen LogP contribution in [-0.4, -0.2) is 42.0 Å². The summed E-state index contributed by atoms with van der Waals surface area (Å²) in [7, 11) is 1.40. The van der Waals surface area contributed by atoms with Gasteiger partial charge < -0.3 is 15.4 Å². The number of halogens is 1. The van der Waals surface area contributed by atoms with Gasteiger partial charge in [0.15, 0.2) is 5.96 Å². The maximum Gasteiger partial charge on any atom is 0.339 e. The van der Waals surface area contributed by atoms with Gasteiger partial charge in [0.25, 0.3) is 0 Å². The number of carbonyl (C=O) groups is 1. The molecule has 1 saturated heterocycles.